The summed E-state index contributed by atoms with van der Waals surface area (Å²) in [6.07, 6.45) is 0. The van der Waals surface area contributed by atoms with Gasteiger partial charge in [0.15, 0.2) is 0 Å². The minimum absolute atomic E-state index is 0.833. The Morgan fingerprint density at radius 1 is 0.422 bits per heavy atom. The molecule has 0 aliphatic rings. The highest BCUT2D eigenvalue weighted by Crippen LogP contribution is 2.29. The molecule has 0 spiro atoms. The molecule has 4 aromatic rings. The van der Waals surface area contributed by atoms with Crippen LogP contribution in [0.15, 0.2) is 132 Å². The van der Waals surface area contributed by atoms with Crippen LogP contribution in [-0.2, 0) is 0 Å². The average Bonchev–Trinajstić information content (AvgIpc) is 3.08. The highest BCUT2D eigenvalue weighted by Gasteiger charge is 2.24. The summed E-state index contributed by atoms with van der Waals surface area (Å²) in [5, 5.41) is 0. The van der Waals surface area contributed by atoms with Crippen LogP contribution in [0.1, 0.15) is 43.0 Å². The number of rotatable bonds is 7. The summed E-state index contributed by atoms with van der Waals surface area (Å²) in [5.41, 5.74) is 15.7. The number of benzene rings is 4. The fourth-order valence-corrected chi connectivity index (χ4v) is 8.15. The van der Waals surface area contributed by atoms with Crippen LogP contribution >= 0.6 is 0 Å². The van der Waals surface area contributed by atoms with Crippen molar-refractivity contribution in [3.63, 3.8) is 0 Å². The molecule has 0 saturated carbocycles. The first-order valence-corrected chi connectivity index (χ1v) is 22.2. The van der Waals surface area contributed by atoms with E-state index in [0.717, 1.165) is 62.7 Å². The van der Waals surface area contributed by atoms with Crippen LogP contribution in [0.4, 0.5) is 0 Å². The molecule has 0 aliphatic carbocycles. The van der Waals surface area contributed by atoms with Gasteiger partial charge >= 0.3 is 0 Å². The van der Waals surface area contributed by atoms with Crippen molar-refractivity contribution in [1.82, 2.24) is 0 Å². The lowest BCUT2D eigenvalue weighted by Crippen LogP contribution is -2.29. The molecule has 0 aliphatic heterocycles. The van der Waals surface area contributed by atoms with Gasteiger partial charge in [0.2, 0.25) is 0 Å². The van der Waals surface area contributed by atoms with E-state index in [1.165, 1.54) is 0 Å². The molecule has 0 aromatic heterocycles. The molecule has 0 radical (unpaired) electrons. The van der Waals surface area contributed by atoms with Crippen LogP contribution in [-0.4, -0.2) is 16.1 Å². The standard InChI is InChI=1S/C43H44Si2/c1-7-45(8-2,9-3)35-33-41(43(38-26-18-12-19-27-38)39-28-20-13-21-29-39)31-30-40(32-34-44(4,5)6)42(36-22-14-10-15-23-36)37-24-16-11-17-25-37/h10-29H,7-9H2,1-6H3. The Bertz CT molecular complexity index is 1710. The van der Waals surface area contributed by atoms with Crippen molar-refractivity contribution in [2.75, 3.05) is 0 Å². The van der Waals surface area contributed by atoms with Crippen LogP contribution in [0, 0.1) is 34.8 Å². The Labute approximate surface area is 274 Å². The molecule has 4 rings (SSSR count). The van der Waals surface area contributed by atoms with Crippen molar-refractivity contribution in [2.45, 2.75) is 58.5 Å². The minimum Gasteiger partial charge on any atom is -0.126 e. The van der Waals surface area contributed by atoms with Gasteiger partial charge in [-0.3, -0.25) is 0 Å². The highest BCUT2D eigenvalue weighted by atomic mass is 28.3. The molecule has 0 bridgehead atoms. The third kappa shape index (κ3) is 9.24. The van der Waals surface area contributed by atoms with Crippen molar-refractivity contribution in [3.8, 4) is 34.8 Å². The summed E-state index contributed by atoms with van der Waals surface area (Å²) in [5.74, 6) is 14.6. The second kappa shape index (κ2) is 16.0. The van der Waals surface area contributed by atoms with Gasteiger partial charge in [0.1, 0.15) is 16.1 Å². The van der Waals surface area contributed by atoms with Crippen LogP contribution in [0.2, 0.25) is 37.8 Å². The first kappa shape index (κ1) is 33.4. The lowest BCUT2D eigenvalue weighted by molar-refractivity contribution is 1.20. The second-order valence-corrected chi connectivity index (χ2v) is 22.0. The van der Waals surface area contributed by atoms with E-state index in [1.54, 1.807) is 0 Å². The van der Waals surface area contributed by atoms with Gasteiger partial charge in [0.05, 0.1) is 11.1 Å². The van der Waals surface area contributed by atoms with Crippen molar-refractivity contribution in [3.05, 3.63) is 155 Å². The van der Waals surface area contributed by atoms with Gasteiger partial charge in [-0.25, -0.2) is 0 Å². The summed E-state index contributed by atoms with van der Waals surface area (Å²) >= 11 is 0. The van der Waals surface area contributed by atoms with E-state index >= 15 is 0 Å². The third-order valence-corrected chi connectivity index (χ3v) is 13.7. The van der Waals surface area contributed by atoms with Crippen LogP contribution in [0.25, 0.3) is 11.1 Å². The molecule has 0 N–H and O–H groups in total. The Hall–Kier alpha value is -4.53. The summed E-state index contributed by atoms with van der Waals surface area (Å²) in [4.78, 5) is 0. The predicted octanol–water partition coefficient (Wildman–Crippen LogP) is 10.9. The fraction of sp³-hybridized carbons (Fsp3) is 0.209. The van der Waals surface area contributed by atoms with Gasteiger partial charge in [0, 0.05) is 11.1 Å². The fourth-order valence-electron chi connectivity index (χ4n) is 5.23. The van der Waals surface area contributed by atoms with Crippen LogP contribution in [0.3, 0.4) is 0 Å². The van der Waals surface area contributed by atoms with Crippen LogP contribution < -0.4 is 0 Å². The van der Waals surface area contributed by atoms with E-state index in [-0.39, 0.29) is 0 Å². The highest BCUT2D eigenvalue weighted by molar-refractivity contribution is 6.87. The summed E-state index contributed by atoms with van der Waals surface area (Å²) < 4.78 is 0. The molecule has 2 heteroatoms. The quantitative estimate of drug-likeness (QED) is 0.143. The summed E-state index contributed by atoms with van der Waals surface area (Å²) in [6, 6.07) is 45.6. The topological polar surface area (TPSA) is 0 Å². The van der Waals surface area contributed by atoms with Gasteiger partial charge in [-0.2, -0.15) is 0 Å². The van der Waals surface area contributed by atoms with E-state index < -0.39 is 16.1 Å². The SMILES string of the molecule is CC[Si](C#CC(C#CC(C#C[Si](C)(C)C)=C(c1ccccc1)c1ccccc1)=C(c1ccccc1)c1ccccc1)(CC)CC. The Morgan fingerprint density at radius 3 is 0.978 bits per heavy atom. The van der Waals surface area contributed by atoms with Gasteiger partial charge in [-0.1, -0.05) is 185 Å². The lowest BCUT2D eigenvalue weighted by atomic mass is 9.91. The maximum atomic E-state index is 3.86. The number of allylic oxidation sites excluding steroid dienone is 2. The molecule has 0 heterocycles. The Kier molecular flexibility index (Phi) is 11.8. The first-order valence-electron chi connectivity index (χ1n) is 16.1. The van der Waals surface area contributed by atoms with Crippen LogP contribution in [0.5, 0.6) is 0 Å². The van der Waals surface area contributed by atoms with Gasteiger partial charge in [-0.05, 0) is 40.4 Å². The van der Waals surface area contributed by atoms with Crippen molar-refractivity contribution in [1.29, 1.82) is 0 Å². The van der Waals surface area contributed by atoms with Crippen molar-refractivity contribution < 1.29 is 0 Å². The molecular formula is C43H44Si2. The Morgan fingerprint density at radius 2 is 0.711 bits per heavy atom. The van der Waals surface area contributed by atoms with Gasteiger partial charge in [-0.15, -0.1) is 11.1 Å². The monoisotopic (exact) mass is 616 g/mol. The molecule has 0 fully saturated rings. The number of hydrogen-bond acceptors (Lipinski definition) is 0. The molecule has 224 valence electrons. The zero-order valence-electron chi connectivity index (χ0n) is 27.7. The molecule has 0 atom stereocenters. The molecule has 0 amide bonds. The smallest absolute Gasteiger partial charge is 0.126 e. The number of hydrogen-bond donors (Lipinski definition) is 0. The molecule has 0 unspecified atom stereocenters. The zero-order chi connectivity index (χ0) is 32.1. The molecule has 4 aromatic carbocycles. The minimum atomic E-state index is -1.75. The molecule has 45 heavy (non-hydrogen) atoms. The van der Waals surface area contributed by atoms with Gasteiger partial charge < -0.3 is 0 Å². The maximum absolute atomic E-state index is 3.86. The van der Waals surface area contributed by atoms with Gasteiger partial charge in [0.25, 0.3) is 0 Å². The molecule has 0 saturated heterocycles. The van der Waals surface area contributed by atoms with E-state index in [4.69, 9.17) is 0 Å². The Balaban J connectivity index is 2.14. The normalized spacial score (nSPS) is 10.6. The van der Waals surface area contributed by atoms with E-state index in [9.17, 15) is 0 Å². The first-order chi connectivity index (χ1) is 21.8. The molecule has 0 nitrogen and oxygen atoms in total. The summed E-state index contributed by atoms with van der Waals surface area (Å²) in [6.45, 7) is 13.7. The zero-order valence-corrected chi connectivity index (χ0v) is 29.7. The van der Waals surface area contributed by atoms with Crippen molar-refractivity contribution in [2.24, 2.45) is 0 Å². The molecular weight excluding hydrogens is 573 g/mol. The largest absolute Gasteiger partial charge is 0.138 e. The maximum Gasteiger partial charge on any atom is 0.138 e. The van der Waals surface area contributed by atoms with E-state index in [1.807, 2.05) is 0 Å². The average molecular weight is 617 g/mol. The van der Waals surface area contributed by atoms with Crippen molar-refractivity contribution >= 4 is 27.3 Å². The second-order valence-electron chi connectivity index (χ2n) is 12.3. The predicted molar refractivity (Wildman–Crippen MR) is 202 cm³/mol. The third-order valence-electron chi connectivity index (χ3n) is 8.11. The lowest BCUT2D eigenvalue weighted by Gasteiger charge is -2.20. The summed E-state index contributed by atoms with van der Waals surface area (Å²) in [7, 11) is -3.45. The van der Waals surface area contributed by atoms with E-state index in [2.05, 4.69) is 197 Å². The van der Waals surface area contributed by atoms with E-state index in [0.29, 0.717) is 0 Å².